The highest BCUT2D eigenvalue weighted by atomic mass is 79.9. The van der Waals surface area contributed by atoms with Gasteiger partial charge in [0.05, 0.1) is 0 Å². The van der Waals surface area contributed by atoms with Crippen LogP contribution in [0.2, 0.25) is 0 Å². The molecule has 184 valence electrons. The Morgan fingerprint density at radius 3 is 1.24 bits per heavy atom. The van der Waals surface area contributed by atoms with Crippen molar-refractivity contribution in [3.63, 3.8) is 0 Å². The second-order valence-corrected chi connectivity index (χ2v) is 15.1. The van der Waals surface area contributed by atoms with Gasteiger partial charge >= 0.3 is 0 Å². The largest absolute Gasteiger partial charge is 0.0715 e. The lowest BCUT2D eigenvalue weighted by Gasteiger charge is -2.27. The van der Waals surface area contributed by atoms with Crippen LogP contribution in [0.25, 0.3) is 5.57 Å². The van der Waals surface area contributed by atoms with E-state index in [9.17, 15) is 0 Å². The highest BCUT2D eigenvalue weighted by molar-refractivity contribution is 9.11. The molecule has 1 aliphatic carbocycles. The summed E-state index contributed by atoms with van der Waals surface area (Å²) in [7, 11) is 0. The molecule has 2 aromatic carbocycles. The summed E-state index contributed by atoms with van der Waals surface area (Å²) in [5.41, 5.74) is 10.0. The van der Waals surface area contributed by atoms with Crippen molar-refractivity contribution in [1.82, 2.24) is 0 Å². The molecule has 0 spiro atoms. The maximum absolute atomic E-state index is 4.06. The summed E-state index contributed by atoms with van der Waals surface area (Å²) in [6.45, 7) is 27.7. The molecule has 0 saturated heterocycles. The first-order valence-electron chi connectivity index (χ1n) is 12.7. The molecule has 0 aliphatic heterocycles. The Morgan fingerprint density at radius 1 is 0.529 bits per heavy atom. The third kappa shape index (κ3) is 5.78. The maximum atomic E-state index is 4.06. The van der Waals surface area contributed by atoms with E-state index in [1.165, 1.54) is 43.4 Å². The highest BCUT2D eigenvalue weighted by Crippen LogP contribution is 2.45. The summed E-state index contributed by atoms with van der Waals surface area (Å²) in [6, 6.07) is 14.4. The number of hydrogen-bond donors (Lipinski definition) is 0. The summed E-state index contributed by atoms with van der Waals surface area (Å²) in [5.74, 6) is 0.245. The number of halogens is 1. The van der Waals surface area contributed by atoms with Crippen LogP contribution in [-0.2, 0) is 21.7 Å². The number of hydrogen-bond acceptors (Lipinski definition) is 0. The Bertz CT molecular complexity index is 1060. The Labute approximate surface area is 218 Å². The number of rotatable bonds is 2. The average Bonchev–Trinajstić information content (AvgIpc) is 3.06. The van der Waals surface area contributed by atoms with E-state index in [2.05, 4.69) is 148 Å². The molecule has 0 fully saturated rings. The fraction of sp³-hybridized carbons (Fsp3) is 0.515. The van der Waals surface area contributed by atoms with E-state index in [4.69, 9.17) is 0 Å². The van der Waals surface area contributed by atoms with Crippen molar-refractivity contribution < 1.29 is 0 Å². The molecule has 0 nitrogen and oxygen atoms in total. The summed E-state index contributed by atoms with van der Waals surface area (Å²) in [4.78, 5) is 0. The Morgan fingerprint density at radius 2 is 0.882 bits per heavy atom. The molecule has 0 N–H and O–H groups in total. The minimum Gasteiger partial charge on any atom is -0.0715 e. The molecule has 0 heterocycles. The Balaban J connectivity index is 2.17. The van der Waals surface area contributed by atoms with Gasteiger partial charge < -0.3 is 0 Å². The van der Waals surface area contributed by atoms with Crippen LogP contribution in [0.15, 0.2) is 53.0 Å². The Hall–Kier alpha value is -1.60. The van der Waals surface area contributed by atoms with Crippen LogP contribution < -0.4 is 0 Å². The Kier molecular flexibility index (Phi) is 6.99. The lowest BCUT2D eigenvalue weighted by molar-refractivity contribution is 0.566. The fourth-order valence-corrected chi connectivity index (χ4v) is 5.14. The van der Waals surface area contributed by atoms with E-state index >= 15 is 0 Å². The van der Waals surface area contributed by atoms with Crippen molar-refractivity contribution in [3.05, 3.63) is 86.4 Å². The monoisotopic (exact) mass is 520 g/mol. The van der Waals surface area contributed by atoms with Crippen LogP contribution in [0.1, 0.15) is 122 Å². The van der Waals surface area contributed by atoms with Gasteiger partial charge in [0.25, 0.3) is 0 Å². The predicted molar refractivity (Wildman–Crippen MR) is 155 cm³/mol. The molecule has 0 saturated carbocycles. The zero-order chi connectivity index (χ0) is 25.9. The molecule has 34 heavy (non-hydrogen) atoms. The first-order chi connectivity index (χ1) is 15.3. The van der Waals surface area contributed by atoms with Crippen LogP contribution >= 0.6 is 15.9 Å². The maximum Gasteiger partial charge on any atom is 0.0345 e. The van der Waals surface area contributed by atoms with Crippen molar-refractivity contribution in [2.45, 2.75) is 111 Å². The van der Waals surface area contributed by atoms with Gasteiger partial charge in [0.1, 0.15) is 0 Å². The van der Waals surface area contributed by atoms with Gasteiger partial charge in [-0.3, -0.25) is 0 Å². The van der Waals surface area contributed by atoms with E-state index < -0.39 is 0 Å². The van der Waals surface area contributed by atoms with Gasteiger partial charge in [0.2, 0.25) is 0 Å². The number of benzene rings is 2. The second kappa shape index (κ2) is 8.81. The minimum absolute atomic E-state index is 0.105. The van der Waals surface area contributed by atoms with E-state index in [0.717, 1.165) is 0 Å². The molecule has 0 amide bonds. The van der Waals surface area contributed by atoms with Crippen molar-refractivity contribution in [2.24, 2.45) is 0 Å². The van der Waals surface area contributed by atoms with E-state index in [0.29, 0.717) is 0 Å². The van der Waals surface area contributed by atoms with Gasteiger partial charge in [-0.25, -0.2) is 0 Å². The lowest BCUT2D eigenvalue weighted by Crippen LogP contribution is -2.17. The molecular formula is C33H45Br. The van der Waals surface area contributed by atoms with Gasteiger partial charge in [0.15, 0.2) is 0 Å². The van der Waals surface area contributed by atoms with E-state index in [1.54, 1.807) is 0 Å². The molecule has 0 aromatic heterocycles. The normalized spacial score (nSPS) is 17.6. The molecule has 2 aromatic rings. The van der Waals surface area contributed by atoms with Gasteiger partial charge in [-0.05, 0) is 60.6 Å². The standard InChI is InChI=1S/C33H45Br/c1-30(2,3)23-15-21(16-24(19-23)31(4,5)6)27-13-14-28(29(27)34)22-17-25(32(7,8)9)20-26(18-22)33(10,11)12/h13-20,27H,1-12H3. The highest BCUT2D eigenvalue weighted by Gasteiger charge is 2.28. The third-order valence-corrected chi connectivity index (χ3v) is 7.93. The molecule has 1 aliphatic rings. The molecule has 1 heteroatoms. The van der Waals surface area contributed by atoms with Gasteiger partial charge in [0, 0.05) is 10.4 Å². The zero-order valence-electron chi connectivity index (χ0n) is 23.6. The van der Waals surface area contributed by atoms with Crippen molar-refractivity contribution in [3.8, 4) is 0 Å². The molecule has 1 unspecified atom stereocenters. The summed E-state index contributed by atoms with van der Waals surface area (Å²) < 4.78 is 1.27. The summed E-state index contributed by atoms with van der Waals surface area (Å²) in [6.07, 6.45) is 4.69. The lowest BCUT2D eigenvalue weighted by atomic mass is 9.78. The van der Waals surface area contributed by atoms with Crippen LogP contribution in [0.5, 0.6) is 0 Å². The molecule has 3 rings (SSSR count). The van der Waals surface area contributed by atoms with Gasteiger partial charge in [-0.2, -0.15) is 0 Å². The van der Waals surface area contributed by atoms with E-state index in [-0.39, 0.29) is 27.6 Å². The van der Waals surface area contributed by atoms with Crippen molar-refractivity contribution in [1.29, 1.82) is 0 Å². The van der Waals surface area contributed by atoms with Crippen LogP contribution in [0.4, 0.5) is 0 Å². The second-order valence-electron chi connectivity index (χ2n) is 14.2. The average molecular weight is 522 g/mol. The first-order valence-corrected chi connectivity index (χ1v) is 13.5. The predicted octanol–water partition coefficient (Wildman–Crippen LogP) is 10.3. The first kappa shape index (κ1) is 27.0. The minimum atomic E-state index is 0.105. The molecule has 0 radical (unpaired) electrons. The van der Waals surface area contributed by atoms with Gasteiger partial charge in [-0.15, -0.1) is 0 Å². The topological polar surface area (TPSA) is 0 Å². The molecule has 1 atom stereocenters. The van der Waals surface area contributed by atoms with E-state index in [1.807, 2.05) is 0 Å². The third-order valence-electron chi connectivity index (χ3n) is 7.01. The SMILES string of the molecule is CC(C)(C)c1cc(C2=C(Br)C(c3cc(C(C)(C)C)cc(C(C)(C)C)c3)C=C2)cc(C(C)(C)C)c1. The fourth-order valence-electron chi connectivity index (χ4n) is 4.36. The quantitative estimate of drug-likeness (QED) is 0.369. The number of allylic oxidation sites excluding steroid dienone is 4. The summed E-state index contributed by atoms with van der Waals surface area (Å²) in [5, 5.41) is 0. The zero-order valence-corrected chi connectivity index (χ0v) is 25.2. The van der Waals surface area contributed by atoms with Gasteiger partial charge in [-0.1, -0.05) is 148 Å². The molecular weight excluding hydrogens is 476 g/mol. The van der Waals surface area contributed by atoms with Crippen molar-refractivity contribution >= 4 is 21.5 Å². The van der Waals surface area contributed by atoms with Crippen LogP contribution in [-0.4, -0.2) is 0 Å². The summed E-state index contributed by atoms with van der Waals surface area (Å²) >= 11 is 4.06. The van der Waals surface area contributed by atoms with Crippen LogP contribution in [0.3, 0.4) is 0 Å². The molecule has 0 bridgehead atoms. The smallest absolute Gasteiger partial charge is 0.0345 e. The van der Waals surface area contributed by atoms with Crippen LogP contribution in [0, 0.1) is 0 Å². The van der Waals surface area contributed by atoms with Crippen molar-refractivity contribution in [2.75, 3.05) is 0 Å².